The Morgan fingerprint density at radius 2 is 2.09 bits per heavy atom. The van der Waals surface area contributed by atoms with E-state index in [0.717, 1.165) is 19.1 Å². The van der Waals surface area contributed by atoms with Gasteiger partial charge in [-0.25, -0.2) is 8.42 Å². The van der Waals surface area contributed by atoms with Crippen molar-refractivity contribution in [3.8, 4) is 0 Å². The molecule has 1 amide bonds. The molecule has 0 rings (SSSR count). The first-order chi connectivity index (χ1) is 4.98. The zero-order valence-electron chi connectivity index (χ0n) is 6.62. The largest absolute Gasteiger partial charge is 0.274 e. The van der Waals surface area contributed by atoms with Crippen LogP contribution in [0.3, 0.4) is 0 Å². The second kappa shape index (κ2) is 4.33. The Morgan fingerprint density at radius 3 is 2.45 bits per heavy atom. The van der Waals surface area contributed by atoms with Crippen molar-refractivity contribution in [2.45, 2.75) is 26.7 Å². The van der Waals surface area contributed by atoms with Gasteiger partial charge in [-0.15, -0.1) is 0 Å². The molecule has 0 fully saturated rings. The van der Waals surface area contributed by atoms with E-state index in [0.29, 0.717) is 6.42 Å². The monoisotopic (exact) mass is 178 g/mol. The van der Waals surface area contributed by atoms with Gasteiger partial charge in [-0.3, -0.25) is 9.52 Å². The van der Waals surface area contributed by atoms with Gasteiger partial charge in [0.2, 0.25) is 15.9 Å². The number of hydrogen-bond acceptors (Lipinski definition) is 3. The highest BCUT2D eigenvalue weighted by atomic mass is 32.2. The molecule has 0 saturated carbocycles. The first kappa shape index (κ1) is 10.4. The lowest BCUT2D eigenvalue weighted by molar-refractivity contribution is -0.117. The van der Waals surface area contributed by atoms with Crippen LogP contribution in [-0.2, 0) is 14.8 Å². The topological polar surface area (TPSA) is 63.2 Å². The summed E-state index contributed by atoms with van der Waals surface area (Å²) in [6.45, 7) is 3.02. The summed E-state index contributed by atoms with van der Waals surface area (Å²) in [7, 11) is -3.47. The smallest absolute Gasteiger partial charge is 0.239 e. The van der Waals surface area contributed by atoms with Crippen molar-refractivity contribution in [1.82, 2.24) is 4.72 Å². The van der Waals surface area contributed by atoms with Gasteiger partial charge in [-0.05, 0) is 6.42 Å². The number of rotatable bonds is 4. The Hall–Kier alpha value is -0.580. The van der Waals surface area contributed by atoms with Crippen molar-refractivity contribution in [3.63, 3.8) is 0 Å². The van der Waals surface area contributed by atoms with Crippen LogP contribution in [0.1, 0.15) is 26.7 Å². The van der Waals surface area contributed by atoms with Gasteiger partial charge in [0.25, 0.3) is 0 Å². The quantitative estimate of drug-likeness (QED) is 0.678. The van der Waals surface area contributed by atoms with E-state index in [4.69, 9.17) is 0 Å². The highest BCUT2D eigenvalue weighted by Gasteiger charge is 2.10. The number of carbonyl (C=O) groups excluding carboxylic acids is 1. The normalized spacial score (nSPS) is 11.1. The maximum atomic E-state index is 10.8. The molecule has 0 aromatic rings. The van der Waals surface area contributed by atoms with Gasteiger partial charge in [0.1, 0.15) is 0 Å². The highest BCUT2D eigenvalue weighted by molar-refractivity contribution is 7.92. The van der Waals surface area contributed by atoms with E-state index in [1.54, 1.807) is 0 Å². The van der Waals surface area contributed by atoms with Crippen molar-refractivity contribution in [2.24, 2.45) is 0 Å². The summed E-state index contributed by atoms with van der Waals surface area (Å²) in [6, 6.07) is 0. The maximum absolute atomic E-state index is 10.8. The fourth-order valence-electron chi connectivity index (χ4n) is 0.515. The second-order valence-electron chi connectivity index (χ2n) is 2.16. The third-order valence-corrected chi connectivity index (χ3v) is 2.16. The average Bonchev–Trinajstić information content (AvgIpc) is 1.81. The highest BCUT2D eigenvalue weighted by Crippen LogP contribution is 1.98. The fourth-order valence-corrected chi connectivity index (χ4v) is 1.55. The fraction of sp³-hybridized carbons (Fsp3) is 0.667. The lowest BCUT2D eigenvalue weighted by Gasteiger charge is -2.01. The number of nitrogens with one attached hydrogen (secondary N) is 1. The van der Waals surface area contributed by atoms with Crippen LogP contribution in [0.4, 0.5) is 0 Å². The molecule has 5 heteroatoms. The minimum Gasteiger partial charge on any atom is -0.274 e. The van der Waals surface area contributed by atoms with Crippen molar-refractivity contribution in [1.29, 1.82) is 0 Å². The van der Waals surface area contributed by atoms with E-state index < -0.39 is 15.9 Å². The first-order valence-electron chi connectivity index (χ1n) is 3.34. The molecule has 0 spiro atoms. The molecule has 0 bridgehead atoms. The van der Waals surface area contributed by atoms with Crippen LogP contribution in [0.5, 0.6) is 0 Å². The number of amides is 1. The molecule has 0 aromatic heterocycles. The molecule has 1 N–H and O–H groups in total. The van der Waals surface area contributed by atoms with Crippen LogP contribution in [0.25, 0.3) is 0 Å². The lowest BCUT2D eigenvalue weighted by Crippen LogP contribution is -2.27. The number of carbonyl (C=O) groups is 1. The van der Waals surface area contributed by atoms with E-state index >= 15 is 0 Å². The summed E-state index contributed by atoms with van der Waals surface area (Å²) in [5, 5.41) is 0. The van der Waals surface area contributed by atoms with Crippen molar-refractivity contribution in [3.05, 3.63) is 5.75 Å². The molecule has 0 heterocycles. The molecule has 0 saturated heterocycles. The van der Waals surface area contributed by atoms with Crippen molar-refractivity contribution >= 4 is 15.9 Å². The van der Waals surface area contributed by atoms with Crippen LogP contribution in [0.2, 0.25) is 0 Å². The third-order valence-electron chi connectivity index (χ3n) is 0.912. The molecule has 0 aliphatic heterocycles. The van der Waals surface area contributed by atoms with Crippen LogP contribution in [-0.4, -0.2) is 14.3 Å². The first-order valence-corrected chi connectivity index (χ1v) is 4.89. The van der Waals surface area contributed by atoms with E-state index in [2.05, 4.69) is 0 Å². The summed E-state index contributed by atoms with van der Waals surface area (Å²) in [6.07, 6.45) is 1.21. The van der Waals surface area contributed by atoms with Crippen molar-refractivity contribution < 1.29 is 13.2 Å². The van der Waals surface area contributed by atoms with Gasteiger partial charge in [-0.1, -0.05) is 13.3 Å². The molecule has 0 unspecified atom stereocenters. The summed E-state index contributed by atoms with van der Waals surface area (Å²) in [5.74, 6) is 0.548. The van der Waals surface area contributed by atoms with Crippen LogP contribution in [0, 0.1) is 5.75 Å². The summed E-state index contributed by atoms with van der Waals surface area (Å²) < 4.78 is 23.5. The summed E-state index contributed by atoms with van der Waals surface area (Å²) in [4.78, 5) is 10.3. The van der Waals surface area contributed by atoms with Crippen LogP contribution in [0.15, 0.2) is 0 Å². The SMILES string of the molecule is CCC[CH]S(=O)(=O)NC(C)=O. The predicted molar refractivity (Wildman–Crippen MR) is 41.9 cm³/mol. The van der Waals surface area contributed by atoms with Gasteiger partial charge in [0, 0.05) is 6.92 Å². The third kappa shape index (κ3) is 5.84. The number of sulfonamides is 1. The molecular weight excluding hydrogens is 166 g/mol. The lowest BCUT2D eigenvalue weighted by atomic mass is 10.4. The summed E-state index contributed by atoms with van der Waals surface area (Å²) in [5.41, 5.74) is 0. The van der Waals surface area contributed by atoms with Gasteiger partial charge in [-0.2, -0.15) is 0 Å². The van der Waals surface area contributed by atoms with Gasteiger partial charge in [0.05, 0.1) is 5.75 Å². The van der Waals surface area contributed by atoms with E-state index in [1.807, 2.05) is 11.6 Å². The zero-order valence-corrected chi connectivity index (χ0v) is 7.44. The minimum absolute atomic E-state index is 0.461. The van der Waals surface area contributed by atoms with E-state index in [1.165, 1.54) is 0 Å². The minimum atomic E-state index is -3.47. The second-order valence-corrected chi connectivity index (χ2v) is 3.79. The number of hydrogen-bond donors (Lipinski definition) is 1. The number of unbranched alkanes of at least 4 members (excludes halogenated alkanes) is 1. The Labute approximate surface area is 67.0 Å². The average molecular weight is 178 g/mol. The van der Waals surface area contributed by atoms with Gasteiger partial charge in [0.15, 0.2) is 0 Å². The molecule has 0 atom stereocenters. The molecule has 1 radical (unpaired) electrons. The molecule has 0 aliphatic rings. The van der Waals surface area contributed by atoms with Crippen LogP contribution < -0.4 is 4.72 Å². The maximum Gasteiger partial charge on any atom is 0.239 e. The summed E-state index contributed by atoms with van der Waals surface area (Å²) >= 11 is 0. The molecule has 0 aliphatic carbocycles. The zero-order chi connectivity index (χ0) is 8.91. The van der Waals surface area contributed by atoms with E-state index in [9.17, 15) is 13.2 Å². The van der Waals surface area contributed by atoms with Gasteiger partial charge < -0.3 is 0 Å². The molecule has 4 nitrogen and oxygen atoms in total. The standard InChI is InChI=1S/C6H12NO3S/c1-3-4-5-11(9,10)7-6(2)8/h5H,3-4H2,1-2H3,(H,7,8). The van der Waals surface area contributed by atoms with Crippen molar-refractivity contribution in [2.75, 3.05) is 0 Å². The van der Waals surface area contributed by atoms with Gasteiger partial charge >= 0.3 is 0 Å². The Kier molecular flexibility index (Phi) is 4.10. The Balaban J connectivity index is 3.92. The molecule has 65 valence electrons. The predicted octanol–water partition coefficient (Wildman–Crippen LogP) is 0.414. The Bertz CT molecular complexity index is 220. The molecular formula is C6H12NO3S. The Morgan fingerprint density at radius 1 is 1.55 bits per heavy atom. The molecule has 0 aromatic carbocycles. The van der Waals surface area contributed by atoms with Crippen LogP contribution >= 0.6 is 0 Å². The van der Waals surface area contributed by atoms with E-state index in [-0.39, 0.29) is 0 Å². The molecule has 11 heavy (non-hydrogen) atoms.